The summed E-state index contributed by atoms with van der Waals surface area (Å²) in [6.45, 7) is 1.28. The highest BCUT2D eigenvalue weighted by molar-refractivity contribution is 9.10. The van der Waals surface area contributed by atoms with Gasteiger partial charge in [0.25, 0.3) is 0 Å². The summed E-state index contributed by atoms with van der Waals surface area (Å²) in [6.07, 6.45) is 0.565. The maximum absolute atomic E-state index is 6.00. The van der Waals surface area contributed by atoms with Crippen molar-refractivity contribution in [1.29, 1.82) is 0 Å². The lowest BCUT2D eigenvalue weighted by Gasteiger charge is -2.24. The van der Waals surface area contributed by atoms with Gasteiger partial charge in [-0.1, -0.05) is 28.1 Å². The summed E-state index contributed by atoms with van der Waals surface area (Å²) < 4.78 is 14.7. The molecule has 0 amide bonds. The quantitative estimate of drug-likeness (QED) is 0.639. The second-order valence-electron chi connectivity index (χ2n) is 6.21. The van der Waals surface area contributed by atoms with Crippen molar-refractivity contribution in [2.75, 3.05) is 18.5 Å². The van der Waals surface area contributed by atoms with Crippen molar-refractivity contribution >= 4 is 38.9 Å². The lowest BCUT2D eigenvalue weighted by Crippen LogP contribution is -2.31. The molecule has 0 radical (unpaired) electrons. The first-order valence-electron chi connectivity index (χ1n) is 8.36. The Balaban J connectivity index is 1.70. The van der Waals surface area contributed by atoms with Crippen LogP contribution >= 0.6 is 15.9 Å². The standard InChI is InChI=1S/C18H16BrN5O2/c19-11-4-2-10(3-5-11)16-22-17(20)23-18-21-12-8-14-15(9-13(12)24(16)18)26-7-1-6-25-14/h2-5,8-9,16H,1,6-7H2,(H3,20,21,22,23)/t16-/m0/s1. The van der Waals surface area contributed by atoms with Crippen LogP contribution in [0.15, 0.2) is 45.9 Å². The second-order valence-corrected chi connectivity index (χ2v) is 7.12. The molecule has 8 heteroatoms. The highest BCUT2D eigenvalue weighted by Gasteiger charge is 2.26. The zero-order valence-corrected chi connectivity index (χ0v) is 15.4. The Morgan fingerprint density at radius 1 is 1.12 bits per heavy atom. The molecule has 0 saturated carbocycles. The zero-order chi connectivity index (χ0) is 17.7. The molecule has 2 aliphatic rings. The van der Waals surface area contributed by atoms with Gasteiger partial charge >= 0.3 is 0 Å². The molecule has 1 aromatic heterocycles. The van der Waals surface area contributed by atoms with E-state index in [0.29, 0.717) is 25.1 Å². The van der Waals surface area contributed by atoms with E-state index in [1.807, 2.05) is 41.0 Å². The van der Waals surface area contributed by atoms with Crippen LogP contribution in [0.4, 0.5) is 5.95 Å². The van der Waals surface area contributed by atoms with E-state index in [2.05, 4.69) is 31.2 Å². The van der Waals surface area contributed by atoms with Crippen LogP contribution in [0.2, 0.25) is 0 Å². The van der Waals surface area contributed by atoms with Crippen LogP contribution < -0.4 is 20.5 Å². The number of benzene rings is 2. The summed E-state index contributed by atoms with van der Waals surface area (Å²) in [6, 6.07) is 11.9. The molecule has 3 N–H and O–H groups in total. The Morgan fingerprint density at radius 3 is 2.62 bits per heavy atom. The third-order valence-corrected chi connectivity index (χ3v) is 5.00. The number of aromatic nitrogens is 2. The van der Waals surface area contributed by atoms with Crippen molar-refractivity contribution in [3.8, 4) is 11.5 Å². The molecule has 2 aromatic carbocycles. The van der Waals surface area contributed by atoms with Crippen LogP contribution in [0.5, 0.6) is 11.5 Å². The highest BCUT2D eigenvalue weighted by atomic mass is 79.9. The second kappa shape index (κ2) is 5.91. The molecule has 132 valence electrons. The van der Waals surface area contributed by atoms with Crippen LogP contribution in [0.1, 0.15) is 18.2 Å². The van der Waals surface area contributed by atoms with Gasteiger partial charge < -0.3 is 15.2 Å². The third-order valence-electron chi connectivity index (χ3n) is 4.47. The molecular weight excluding hydrogens is 398 g/mol. The van der Waals surface area contributed by atoms with E-state index in [1.54, 1.807) is 0 Å². The van der Waals surface area contributed by atoms with Crippen LogP contribution in [-0.2, 0) is 0 Å². The summed E-state index contributed by atoms with van der Waals surface area (Å²) in [5.74, 6) is 2.45. The molecular formula is C18H16BrN5O2. The first kappa shape index (κ1) is 15.5. The van der Waals surface area contributed by atoms with Crippen molar-refractivity contribution in [2.45, 2.75) is 12.6 Å². The van der Waals surface area contributed by atoms with Crippen LogP contribution in [0.3, 0.4) is 0 Å². The molecule has 5 rings (SSSR count). The molecule has 0 spiro atoms. The fourth-order valence-corrected chi connectivity index (χ4v) is 3.55. The molecule has 1 atom stereocenters. The number of hydrogen-bond acceptors (Lipinski definition) is 6. The van der Waals surface area contributed by atoms with Gasteiger partial charge in [0.05, 0.1) is 24.2 Å². The lowest BCUT2D eigenvalue weighted by molar-refractivity contribution is 0.297. The first-order valence-corrected chi connectivity index (χ1v) is 9.16. The largest absolute Gasteiger partial charge is 0.489 e. The molecule has 0 fully saturated rings. The fourth-order valence-electron chi connectivity index (χ4n) is 3.28. The summed E-state index contributed by atoms with van der Waals surface area (Å²) in [4.78, 5) is 9.28. The monoisotopic (exact) mass is 413 g/mol. The van der Waals surface area contributed by atoms with E-state index in [-0.39, 0.29) is 6.17 Å². The Bertz CT molecular complexity index is 1030. The predicted octanol–water partition coefficient (Wildman–Crippen LogP) is 3.25. The average molecular weight is 414 g/mol. The molecule has 0 saturated heterocycles. The van der Waals surface area contributed by atoms with E-state index in [1.165, 1.54) is 0 Å². The van der Waals surface area contributed by atoms with Crippen molar-refractivity contribution < 1.29 is 9.47 Å². The van der Waals surface area contributed by atoms with Crippen molar-refractivity contribution in [2.24, 2.45) is 10.7 Å². The number of guanidine groups is 1. The molecule has 3 aromatic rings. The smallest absolute Gasteiger partial charge is 0.212 e. The maximum atomic E-state index is 6.00. The molecule has 0 bridgehead atoms. The number of fused-ring (bicyclic) bond motifs is 4. The van der Waals surface area contributed by atoms with Crippen LogP contribution in [0.25, 0.3) is 11.0 Å². The molecule has 26 heavy (non-hydrogen) atoms. The van der Waals surface area contributed by atoms with Gasteiger partial charge in [-0.3, -0.25) is 9.88 Å². The number of nitrogens with one attached hydrogen (secondary N) is 1. The van der Waals surface area contributed by atoms with Gasteiger partial charge in [-0.05, 0) is 17.7 Å². The number of imidazole rings is 1. The van der Waals surface area contributed by atoms with Gasteiger partial charge in [0.15, 0.2) is 23.6 Å². The molecule has 3 heterocycles. The summed E-state index contributed by atoms with van der Waals surface area (Å²) in [7, 11) is 0. The van der Waals surface area contributed by atoms with E-state index < -0.39 is 0 Å². The van der Waals surface area contributed by atoms with Gasteiger partial charge in [-0.15, -0.1) is 0 Å². The average Bonchev–Trinajstić information content (AvgIpc) is 2.81. The Morgan fingerprint density at radius 2 is 1.85 bits per heavy atom. The third kappa shape index (κ3) is 2.48. The summed E-state index contributed by atoms with van der Waals surface area (Å²) in [5.41, 5.74) is 8.74. The number of hydrogen-bond donors (Lipinski definition) is 2. The number of halogens is 1. The minimum absolute atomic E-state index is 0.297. The Labute approximate surface area is 158 Å². The fraction of sp³-hybridized carbons (Fsp3) is 0.222. The maximum Gasteiger partial charge on any atom is 0.212 e. The number of nitrogens with zero attached hydrogens (tertiary/aromatic N) is 3. The normalized spacial score (nSPS) is 18.7. The van der Waals surface area contributed by atoms with Gasteiger partial charge in [0.1, 0.15) is 0 Å². The number of ether oxygens (including phenoxy) is 2. The zero-order valence-electron chi connectivity index (χ0n) is 13.8. The van der Waals surface area contributed by atoms with Crippen molar-refractivity contribution in [1.82, 2.24) is 9.55 Å². The van der Waals surface area contributed by atoms with Gasteiger partial charge in [-0.2, -0.15) is 0 Å². The van der Waals surface area contributed by atoms with E-state index >= 15 is 0 Å². The lowest BCUT2D eigenvalue weighted by atomic mass is 10.1. The number of anilines is 1. The highest BCUT2D eigenvalue weighted by Crippen LogP contribution is 2.39. The minimum Gasteiger partial charge on any atom is -0.489 e. The molecule has 0 aliphatic carbocycles. The number of nitrogens with two attached hydrogens (primary N) is 1. The van der Waals surface area contributed by atoms with E-state index in [0.717, 1.165) is 39.0 Å². The SMILES string of the molecule is NC1=N[C@H](c2ccc(Br)cc2)n2c(nc3cc4c(cc32)OCCCO4)N1. The van der Waals surface area contributed by atoms with E-state index in [4.69, 9.17) is 15.2 Å². The van der Waals surface area contributed by atoms with Gasteiger partial charge in [0, 0.05) is 23.0 Å². The number of aliphatic imine (C=N–C) groups is 1. The van der Waals surface area contributed by atoms with E-state index in [9.17, 15) is 0 Å². The summed E-state index contributed by atoms with van der Waals surface area (Å²) >= 11 is 3.47. The Kier molecular flexibility index (Phi) is 3.53. The van der Waals surface area contributed by atoms with Crippen LogP contribution in [0, 0.1) is 0 Å². The van der Waals surface area contributed by atoms with Crippen LogP contribution in [-0.4, -0.2) is 28.7 Å². The Hall–Kier alpha value is -2.74. The van der Waals surface area contributed by atoms with Crippen molar-refractivity contribution in [3.05, 3.63) is 46.4 Å². The van der Waals surface area contributed by atoms with Crippen molar-refractivity contribution in [3.63, 3.8) is 0 Å². The first-order chi connectivity index (χ1) is 12.7. The van der Waals surface area contributed by atoms with Gasteiger partial charge in [-0.25, -0.2) is 9.98 Å². The molecule has 0 unspecified atom stereocenters. The number of rotatable bonds is 1. The topological polar surface area (TPSA) is 86.7 Å². The molecule has 7 nitrogen and oxygen atoms in total. The minimum atomic E-state index is -0.297. The van der Waals surface area contributed by atoms with Gasteiger partial charge in [0.2, 0.25) is 5.95 Å². The molecule has 2 aliphatic heterocycles. The predicted molar refractivity (Wildman–Crippen MR) is 103 cm³/mol. The summed E-state index contributed by atoms with van der Waals surface area (Å²) in [5, 5.41) is 3.05.